The Morgan fingerprint density at radius 2 is 1.95 bits per heavy atom. The van der Waals surface area contributed by atoms with E-state index in [4.69, 9.17) is 5.73 Å². The van der Waals surface area contributed by atoms with Crippen LogP contribution in [-0.2, 0) is 28.9 Å². The summed E-state index contributed by atoms with van der Waals surface area (Å²) in [6, 6.07) is 9.13. The molecule has 0 atom stereocenters. The fourth-order valence-corrected chi connectivity index (χ4v) is 3.66. The molecule has 3 rings (SSSR count). The number of aromatic nitrogens is 2. The molecule has 7 heteroatoms. The first kappa shape index (κ1) is 13.0. The molecule has 0 spiro atoms. The topological polar surface area (TPSA) is 89.2 Å². The van der Waals surface area contributed by atoms with E-state index in [0.717, 1.165) is 11.1 Å². The molecule has 1 aromatic heterocycles. The van der Waals surface area contributed by atoms with Crippen molar-refractivity contribution in [1.82, 2.24) is 14.3 Å². The summed E-state index contributed by atoms with van der Waals surface area (Å²) >= 11 is 0. The molecule has 0 fully saturated rings. The zero-order valence-electron chi connectivity index (χ0n) is 10.7. The molecule has 2 N–H and O–H groups in total. The van der Waals surface area contributed by atoms with Gasteiger partial charge in [-0.25, -0.2) is 18.4 Å². The van der Waals surface area contributed by atoms with Crippen molar-refractivity contribution in [3.63, 3.8) is 0 Å². The lowest BCUT2D eigenvalue weighted by molar-refractivity contribution is 0.429. The number of nitrogen functional groups attached to an aromatic ring is 1. The van der Waals surface area contributed by atoms with Crippen molar-refractivity contribution in [1.29, 1.82) is 0 Å². The Kier molecular flexibility index (Phi) is 3.15. The number of rotatable bonds is 3. The molecule has 0 saturated carbocycles. The monoisotopic (exact) mass is 290 g/mol. The maximum absolute atomic E-state index is 12.4. The van der Waals surface area contributed by atoms with Gasteiger partial charge in [0.05, 0.1) is 18.0 Å². The molecule has 6 nitrogen and oxygen atoms in total. The molecule has 2 aromatic rings. The number of nitrogens with zero attached hydrogens (tertiary/aromatic N) is 3. The first-order valence-corrected chi connectivity index (χ1v) is 7.77. The molecule has 0 unspecified atom stereocenters. The molecule has 0 saturated heterocycles. The van der Waals surface area contributed by atoms with Gasteiger partial charge < -0.3 is 5.73 Å². The summed E-state index contributed by atoms with van der Waals surface area (Å²) in [7, 11) is -3.37. The smallest absolute Gasteiger partial charge is 0.220 e. The zero-order chi connectivity index (χ0) is 14.2. The van der Waals surface area contributed by atoms with Gasteiger partial charge in [-0.3, -0.25) is 0 Å². The summed E-state index contributed by atoms with van der Waals surface area (Å²) in [6.07, 6.45) is 1.59. The average Bonchev–Trinajstić information content (AvgIpc) is 2.83. The van der Waals surface area contributed by atoms with E-state index in [1.807, 2.05) is 18.2 Å². The third-order valence-electron chi connectivity index (χ3n) is 3.23. The Labute approximate surface area is 117 Å². The molecule has 0 radical (unpaired) electrons. The maximum atomic E-state index is 12.4. The second kappa shape index (κ2) is 4.84. The summed E-state index contributed by atoms with van der Waals surface area (Å²) in [5, 5.41) is 0. The van der Waals surface area contributed by atoms with Crippen LogP contribution in [0.5, 0.6) is 0 Å². The highest BCUT2D eigenvalue weighted by Crippen LogP contribution is 2.25. The van der Waals surface area contributed by atoms with Crippen molar-refractivity contribution in [3.05, 3.63) is 53.3 Å². The minimum atomic E-state index is -3.37. The first-order chi connectivity index (χ1) is 9.54. The second-order valence-corrected chi connectivity index (χ2v) is 6.68. The number of benzene rings is 1. The van der Waals surface area contributed by atoms with Crippen LogP contribution in [0.1, 0.15) is 16.8 Å². The largest absolute Gasteiger partial charge is 0.368 e. The molecule has 104 valence electrons. The highest BCUT2D eigenvalue weighted by atomic mass is 32.2. The van der Waals surface area contributed by atoms with Gasteiger partial charge in [0.1, 0.15) is 0 Å². The average molecular weight is 290 g/mol. The molecule has 0 bridgehead atoms. The predicted molar refractivity (Wildman–Crippen MR) is 74.8 cm³/mol. The highest BCUT2D eigenvalue weighted by Gasteiger charge is 2.30. The van der Waals surface area contributed by atoms with E-state index in [9.17, 15) is 8.42 Å². The second-order valence-electron chi connectivity index (χ2n) is 4.71. The van der Waals surface area contributed by atoms with Crippen LogP contribution in [0.15, 0.2) is 36.5 Å². The normalized spacial score (nSPS) is 15.2. The molecule has 1 aliphatic rings. The van der Waals surface area contributed by atoms with Gasteiger partial charge in [-0.15, -0.1) is 0 Å². The lowest BCUT2D eigenvalue weighted by Crippen LogP contribution is -2.27. The van der Waals surface area contributed by atoms with Crippen molar-refractivity contribution in [2.45, 2.75) is 18.8 Å². The minimum absolute atomic E-state index is 0.00919. The minimum Gasteiger partial charge on any atom is -0.368 e. The summed E-state index contributed by atoms with van der Waals surface area (Å²) in [6.45, 7) is 0.571. The fourth-order valence-electron chi connectivity index (χ4n) is 2.21. The summed E-state index contributed by atoms with van der Waals surface area (Å²) in [5.41, 5.74) is 7.80. The zero-order valence-corrected chi connectivity index (χ0v) is 11.5. The molecule has 2 heterocycles. The van der Waals surface area contributed by atoms with Crippen LogP contribution < -0.4 is 5.73 Å². The molecule has 0 aliphatic carbocycles. The quantitative estimate of drug-likeness (QED) is 0.907. The third kappa shape index (κ3) is 2.50. The van der Waals surface area contributed by atoms with E-state index in [1.54, 1.807) is 18.3 Å². The van der Waals surface area contributed by atoms with E-state index < -0.39 is 10.0 Å². The standard InChI is InChI=1S/C13H14N4O2S/c14-13-15-6-11-7-17(8-12(11)16-13)20(18,19)9-10-4-2-1-3-5-10/h1-6H,7-9H2,(H2,14,15,16). The van der Waals surface area contributed by atoms with E-state index in [0.29, 0.717) is 12.2 Å². The van der Waals surface area contributed by atoms with Crippen LogP contribution in [0.3, 0.4) is 0 Å². The van der Waals surface area contributed by atoms with Gasteiger partial charge in [0.15, 0.2) is 0 Å². The van der Waals surface area contributed by atoms with E-state index in [-0.39, 0.29) is 18.2 Å². The van der Waals surface area contributed by atoms with Gasteiger partial charge in [0, 0.05) is 18.3 Å². The Morgan fingerprint density at radius 3 is 2.70 bits per heavy atom. The van der Waals surface area contributed by atoms with Crippen molar-refractivity contribution >= 4 is 16.0 Å². The Bertz CT molecular complexity index is 731. The maximum Gasteiger partial charge on any atom is 0.220 e. The Hall–Kier alpha value is -1.99. The van der Waals surface area contributed by atoms with Crippen LogP contribution in [0.4, 0.5) is 5.95 Å². The SMILES string of the molecule is Nc1ncc2c(n1)CN(S(=O)(=O)Cc1ccccc1)C2. The molecule has 20 heavy (non-hydrogen) atoms. The van der Waals surface area contributed by atoms with Gasteiger partial charge in [0.2, 0.25) is 16.0 Å². The van der Waals surface area contributed by atoms with Crippen LogP contribution in [0.25, 0.3) is 0 Å². The lowest BCUT2D eigenvalue weighted by atomic mass is 10.2. The highest BCUT2D eigenvalue weighted by molar-refractivity contribution is 7.88. The number of fused-ring (bicyclic) bond motifs is 1. The predicted octanol–water partition coefficient (Wildman–Crippen LogP) is 0.904. The van der Waals surface area contributed by atoms with E-state index in [1.165, 1.54) is 4.31 Å². The van der Waals surface area contributed by atoms with Crippen molar-refractivity contribution in [2.75, 3.05) is 5.73 Å². The number of anilines is 1. The molecule has 1 aliphatic heterocycles. The molecule has 0 amide bonds. The van der Waals surface area contributed by atoms with Crippen LogP contribution in [-0.4, -0.2) is 22.7 Å². The van der Waals surface area contributed by atoms with Gasteiger partial charge in [-0.2, -0.15) is 4.31 Å². The summed E-state index contributed by atoms with van der Waals surface area (Å²) < 4.78 is 26.2. The van der Waals surface area contributed by atoms with E-state index in [2.05, 4.69) is 9.97 Å². The van der Waals surface area contributed by atoms with Gasteiger partial charge in [0.25, 0.3) is 0 Å². The Balaban J connectivity index is 1.81. The third-order valence-corrected chi connectivity index (χ3v) is 4.97. The van der Waals surface area contributed by atoms with Crippen LogP contribution in [0, 0.1) is 0 Å². The van der Waals surface area contributed by atoms with Gasteiger partial charge >= 0.3 is 0 Å². The van der Waals surface area contributed by atoms with Crippen molar-refractivity contribution in [2.24, 2.45) is 0 Å². The van der Waals surface area contributed by atoms with Crippen molar-refractivity contribution < 1.29 is 8.42 Å². The number of hydrogen-bond donors (Lipinski definition) is 1. The summed E-state index contributed by atoms with van der Waals surface area (Å²) in [5.74, 6) is 0.163. The van der Waals surface area contributed by atoms with Crippen molar-refractivity contribution in [3.8, 4) is 0 Å². The molecule has 1 aromatic carbocycles. The van der Waals surface area contributed by atoms with Crippen LogP contribution >= 0.6 is 0 Å². The van der Waals surface area contributed by atoms with E-state index >= 15 is 0 Å². The first-order valence-electron chi connectivity index (χ1n) is 6.16. The van der Waals surface area contributed by atoms with Gasteiger partial charge in [-0.05, 0) is 5.56 Å². The van der Waals surface area contributed by atoms with Crippen LogP contribution in [0.2, 0.25) is 0 Å². The lowest BCUT2D eigenvalue weighted by Gasteiger charge is -2.15. The number of sulfonamides is 1. The fraction of sp³-hybridized carbons (Fsp3) is 0.231. The molecular formula is C13H14N4O2S. The summed E-state index contributed by atoms with van der Waals surface area (Å²) in [4.78, 5) is 7.98. The number of nitrogens with two attached hydrogens (primary N) is 1. The van der Waals surface area contributed by atoms with Gasteiger partial charge in [-0.1, -0.05) is 30.3 Å². The molecular weight excluding hydrogens is 276 g/mol. The Morgan fingerprint density at radius 1 is 1.20 bits per heavy atom. The number of hydrogen-bond acceptors (Lipinski definition) is 5.